The minimum atomic E-state index is 0.118. The van der Waals surface area contributed by atoms with Crippen molar-refractivity contribution < 1.29 is 5.11 Å². The first kappa shape index (κ1) is 16.3. The smallest absolute Gasteiger partial charge is 0.0540 e. The van der Waals surface area contributed by atoms with E-state index in [9.17, 15) is 0 Å². The summed E-state index contributed by atoms with van der Waals surface area (Å²) in [5.74, 6) is 6.08. The average molecular weight is 292 g/mol. The first-order valence-electron chi connectivity index (χ1n) is 8.12. The van der Waals surface area contributed by atoms with Crippen LogP contribution in [0.4, 0.5) is 0 Å². The van der Waals surface area contributed by atoms with Crippen LogP contribution in [-0.2, 0) is 6.42 Å². The third-order valence-electron chi connectivity index (χ3n) is 3.66. The Hall–Kier alpha value is -2.04. The molecule has 1 heteroatoms. The Morgan fingerprint density at radius 3 is 2.50 bits per heavy atom. The van der Waals surface area contributed by atoms with Crippen molar-refractivity contribution in [3.8, 4) is 23.0 Å². The fourth-order valence-electron chi connectivity index (χ4n) is 2.48. The number of aryl methyl sites for hydroxylation is 1. The highest BCUT2D eigenvalue weighted by Crippen LogP contribution is 2.22. The molecule has 0 atom stereocenters. The molecule has 1 N–H and O–H groups in total. The van der Waals surface area contributed by atoms with E-state index in [2.05, 4.69) is 55.2 Å². The molecule has 0 aromatic heterocycles. The highest BCUT2D eigenvalue weighted by atomic mass is 16.2. The van der Waals surface area contributed by atoms with E-state index in [1.54, 1.807) is 0 Å². The van der Waals surface area contributed by atoms with Crippen LogP contribution in [0, 0.1) is 11.8 Å². The van der Waals surface area contributed by atoms with Crippen LogP contribution in [-0.4, -0.2) is 11.7 Å². The van der Waals surface area contributed by atoms with Crippen molar-refractivity contribution >= 4 is 0 Å². The van der Waals surface area contributed by atoms with Crippen molar-refractivity contribution in [1.82, 2.24) is 0 Å². The Morgan fingerprint density at radius 1 is 0.955 bits per heavy atom. The molecule has 0 heterocycles. The minimum absolute atomic E-state index is 0.118. The molecule has 0 fully saturated rings. The van der Waals surface area contributed by atoms with Crippen molar-refractivity contribution in [3.63, 3.8) is 0 Å². The third-order valence-corrected chi connectivity index (χ3v) is 3.66. The number of rotatable bonds is 6. The number of unbranched alkanes of at least 4 members (excludes halogenated alkanes) is 2. The van der Waals surface area contributed by atoms with Gasteiger partial charge in [-0.3, -0.25) is 0 Å². The van der Waals surface area contributed by atoms with Crippen LogP contribution in [0.2, 0.25) is 0 Å². The van der Waals surface area contributed by atoms with Crippen LogP contribution in [0.25, 0.3) is 11.1 Å². The van der Waals surface area contributed by atoms with Gasteiger partial charge in [0, 0.05) is 12.0 Å². The molecule has 22 heavy (non-hydrogen) atoms. The summed E-state index contributed by atoms with van der Waals surface area (Å²) in [6.07, 6.45) is 5.48. The lowest BCUT2D eigenvalue weighted by atomic mass is 9.99. The molecule has 2 aromatic carbocycles. The van der Waals surface area contributed by atoms with Gasteiger partial charge in [-0.05, 0) is 41.7 Å². The number of aliphatic hydroxyl groups is 1. The topological polar surface area (TPSA) is 20.2 Å². The van der Waals surface area contributed by atoms with E-state index in [-0.39, 0.29) is 6.61 Å². The molecule has 114 valence electrons. The molecule has 0 spiro atoms. The summed E-state index contributed by atoms with van der Waals surface area (Å²) in [7, 11) is 0. The maximum atomic E-state index is 8.79. The Morgan fingerprint density at radius 2 is 1.73 bits per heavy atom. The zero-order valence-electron chi connectivity index (χ0n) is 13.3. The lowest BCUT2D eigenvalue weighted by Gasteiger charge is -2.06. The summed E-state index contributed by atoms with van der Waals surface area (Å²) >= 11 is 0. The molecular formula is C21H24O. The van der Waals surface area contributed by atoms with Crippen molar-refractivity contribution in [2.45, 2.75) is 39.0 Å². The van der Waals surface area contributed by atoms with Crippen molar-refractivity contribution in [1.29, 1.82) is 0 Å². The molecular weight excluding hydrogens is 268 g/mol. The summed E-state index contributed by atoms with van der Waals surface area (Å²) < 4.78 is 0. The molecule has 0 amide bonds. The maximum Gasteiger partial charge on any atom is 0.0540 e. The van der Waals surface area contributed by atoms with Gasteiger partial charge in [0.05, 0.1) is 6.61 Å². The summed E-state index contributed by atoms with van der Waals surface area (Å²) in [6, 6.07) is 17.1. The molecule has 0 aliphatic carbocycles. The molecule has 0 unspecified atom stereocenters. The quantitative estimate of drug-likeness (QED) is 0.598. The van der Waals surface area contributed by atoms with E-state index in [1.165, 1.54) is 36.0 Å². The molecule has 0 bridgehead atoms. The number of hydrogen-bond donors (Lipinski definition) is 1. The van der Waals surface area contributed by atoms with Crippen LogP contribution in [0.3, 0.4) is 0 Å². The second-order valence-corrected chi connectivity index (χ2v) is 5.51. The van der Waals surface area contributed by atoms with Gasteiger partial charge in [0.1, 0.15) is 0 Å². The van der Waals surface area contributed by atoms with E-state index in [4.69, 9.17) is 5.11 Å². The lowest BCUT2D eigenvalue weighted by molar-refractivity contribution is 0.305. The molecule has 0 saturated heterocycles. The predicted octanol–water partition coefficient (Wildman–Crippen LogP) is 4.82. The van der Waals surface area contributed by atoms with E-state index >= 15 is 0 Å². The van der Waals surface area contributed by atoms with E-state index in [0.717, 1.165) is 12.0 Å². The molecule has 1 nitrogen and oxygen atoms in total. The summed E-state index contributed by atoms with van der Waals surface area (Å²) in [5.41, 5.74) is 4.86. The second kappa shape index (κ2) is 9.07. The van der Waals surface area contributed by atoms with Gasteiger partial charge in [-0.2, -0.15) is 0 Å². The largest absolute Gasteiger partial charge is 0.395 e. The normalized spacial score (nSPS) is 10.1. The number of benzene rings is 2. The zero-order valence-corrected chi connectivity index (χ0v) is 13.3. The Bertz CT molecular complexity index is 646. The Kier molecular flexibility index (Phi) is 6.74. The van der Waals surface area contributed by atoms with E-state index in [0.29, 0.717) is 6.42 Å². The molecule has 2 rings (SSSR count). The van der Waals surface area contributed by atoms with E-state index < -0.39 is 0 Å². The Balaban J connectivity index is 2.16. The van der Waals surface area contributed by atoms with Crippen molar-refractivity contribution in [2.75, 3.05) is 6.61 Å². The van der Waals surface area contributed by atoms with Crippen LogP contribution >= 0.6 is 0 Å². The fourth-order valence-corrected chi connectivity index (χ4v) is 2.48. The highest BCUT2D eigenvalue weighted by Gasteiger charge is 2.00. The second-order valence-electron chi connectivity index (χ2n) is 5.51. The summed E-state index contributed by atoms with van der Waals surface area (Å²) in [6.45, 7) is 2.35. The summed E-state index contributed by atoms with van der Waals surface area (Å²) in [4.78, 5) is 0. The van der Waals surface area contributed by atoms with Crippen LogP contribution in [0.1, 0.15) is 43.7 Å². The lowest BCUT2D eigenvalue weighted by Crippen LogP contribution is -1.87. The van der Waals surface area contributed by atoms with Gasteiger partial charge in [-0.1, -0.05) is 68.0 Å². The molecule has 0 aliphatic heterocycles. The predicted molar refractivity (Wildman–Crippen MR) is 93.7 cm³/mol. The first-order chi connectivity index (χ1) is 10.8. The van der Waals surface area contributed by atoms with E-state index in [1.807, 2.05) is 12.1 Å². The van der Waals surface area contributed by atoms with Crippen molar-refractivity contribution in [2.24, 2.45) is 0 Å². The Labute approximate surface area is 134 Å². The van der Waals surface area contributed by atoms with Gasteiger partial charge in [0.15, 0.2) is 0 Å². The van der Waals surface area contributed by atoms with Gasteiger partial charge in [-0.15, -0.1) is 0 Å². The minimum Gasteiger partial charge on any atom is -0.395 e. The fraction of sp³-hybridized carbons (Fsp3) is 0.333. The molecule has 0 saturated carbocycles. The summed E-state index contributed by atoms with van der Waals surface area (Å²) in [5, 5.41) is 8.79. The zero-order chi connectivity index (χ0) is 15.6. The molecule has 0 aliphatic rings. The van der Waals surface area contributed by atoms with Crippen molar-refractivity contribution in [3.05, 3.63) is 59.7 Å². The standard InChI is InChI=1S/C21H24O/c1-2-3-4-9-18-11-7-13-20(16-18)21-14-8-12-19(17-21)10-5-6-15-22/h7-8,11-14,16-17,22H,2-4,6,9,15H2,1H3. The van der Waals surface area contributed by atoms with Gasteiger partial charge in [-0.25, -0.2) is 0 Å². The monoisotopic (exact) mass is 292 g/mol. The average Bonchev–Trinajstić information content (AvgIpc) is 2.56. The van der Waals surface area contributed by atoms with Gasteiger partial charge in [0.2, 0.25) is 0 Å². The number of aliphatic hydroxyl groups excluding tert-OH is 1. The van der Waals surface area contributed by atoms with Gasteiger partial charge < -0.3 is 5.11 Å². The third kappa shape index (κ3) is 5.06. The molecule has 2 aromatic rings. The van der Waals surface area contributed by atoms with Crippen LogP contribution < -0.4 is 0 Å². The van der Waals surface area contributed by atoms with Crippen LogP contribution in [0.15, 0.2) is 48.5 Å². The number of hydrogen-bond acceptors (Lipinski definition) is 1. The highest BCUT2D eigenvalue weighted by molar-refractivity contribution is 5.66. The molecule has 0 radical (unpaired) electrons. The SMILES string of the molecule is CCCCCc1cccc(-c2cccc(C#CCCO)c2)c1. The van der Waals surface area contributed by atoms with Gasteiger partial charge >= 0.3 is 0 Å². The maximum absolute atomic E-state index is 8.79. The first-order valence-corrected chi connectivity index (χ1v) is 8.12. The van der Waals surface area contributed by atoms with Crippen LogP contribution in [0.5, 0.6) is 0 Å². The van der Waals surface area contributed by atoms with Gasteiger partial charge in [0.25, 0.3) is 0 Å².